The summed E-state index contributed by atoms with van der Waals surface area (Å²) < 4.78 is 0. The SMILES string of the molecule is Cc1cc(C)c(NC(=O)N2CCCC2c2ccncc2)c(C)c1. The Bertz CT molecular complexity index is 689. The third-order valence-corrected chi connectivity index (χ3v) is 4.51. The topological polar surface area (TPSA) is 45.2 Å². The first-order valence-corrected chi connectivity index (χ1v) is 8.11. The van der Waals surface area contributed by atoms with Crippen molar-refractivity contribution in [3.05, 3.63) is 58.9 Å². The van der Waals surface area contributed by atoms with Crippen LogP contribution in [-0.2, 0) is 0 Å². The van der Waals surface area contributed by atoms with E-state index in [0.29, 0.717) is 0 Å². The minimum absolute atomic E-state index is 0.0145. The number of urea groups is 1. The van der Waals surface area contributed by atoms with E-state index in [1.807, 2.05) is 30.9 Å². The van der Waals surface area contributed by atoms with E-state index in [1.54, 1.807) is 12.4 Å². The third-order valence-electron chi connectivity index (χ3n) is 4.51. The maximum Gasteiger partial charge on any atom is 0.322 e. The average Bonchev–Trinajstić information content (AvgIpc) is 3.01. The number of amides is 2. The zero-order chi connectivity index (χ0) is 16.4. The van der Waals surface area contributed by atoms with E-state index < -0.39 is 0 Å². The zero-order valence-corrected chi connectivity index (χ0v) is 14.0. The number of anilines is 1. The summed E-state index contributed by atoms with van der Waals surface area (Å²) in [6, 6.07) is 8.33. The molecular weight excluding hydrogens is 286 g/mol. The van der Waals surface area contributed by atoms with Gasteiger partial charge in [0.25, 0.3) is 0 Å². The van der Waals surface area contributed by atoms with Crippen molar-refractivity contribution in [3.8, 4) is 0 Å². The van der Waals surface area contributed by atoms with Crippen LogP contribution in [0.3, 0.4) is 0 Å². The fourth-order valence-corrected chi connectivity index (χ4v) is 3.50. The monoisotopic (exact) mass is 309 g/mol. The van der Waals surface area contributed by atoms with Crippen molar-refractivity contribution in [3.63, 3.8) is 0 Å². The number of aromatic nitrogens is 1. The molecule has 2 amide bonds. The number of aryl methyl sites for hydroxylation is 3. The number of carbonyl (C=O) groups is 1. The van der Waals surface area contributed by atoms with Crippen molar-refractivity contribution in [1.82, 2.24) is 9.88 Å². The quantitative estimate of drug-likeness (QED) is 0.895. The number of nitrogens with zero attached hydrogens (tertiary/aromatic N) is 2. The van der Waals surface area contributed by atoms with Gasteiger partial charge in [0.05, 0.1) is 6.04 Å². The lowest BCUT2D eigenvalue weighted by atomic mass is 10.0. The Balaban J connectivity index is 1.81. The van der Waals surface area contributed by atoms with Crippen LogP contribution < -0.4 is 5.32 Å². The number of likely N-dealkylation sites (tertiary alicyclic amines) is 1. The molecule has 1 aliphatic rings. The average molecular weight is 309 g/mol. The molecule has 4 nitrogen and oxygen atoms in total. The van der Waals surface area contributed by atoms with E-state index in [-0.39, 0.29) is 12.1 Å². The summed E-state index contributed by atoms with van der Waals surface area (Å²) in [6.45, 7) is 6.95. The highest BCUT2D eigenvalue weighted by molar-refractivity contribution is 5.91. The zero-order valence-electron chi connectivity index (χ0n) is 14.0. The summed E-state index contributed by atoms with van der Waals surface area (Å²) in [5.41, 5.74) is 5.52. The minimum atomic E-state index is -0.0145. The smallest absolute Gasteiger partial charge is 0.317 e. The molecule has 2 heterocycles. The van der Waals surface area contributed by atoms with Crippen LogP contribution in [0.5, 0.6) is 0 Å². The molecule has 1 aliphatic heterocycles. The minimum Gasteiger partial charge on any atom is -0.317 e. The molecule has 0 radical (unpaired) electrons. The van der Waals surface area contributed by atoms with Crippen molar-refractivity contribution in [1.29, 1.82) is 0 Å². The van der Waals surface area contributed by atoms with Crippen LogP contribution in [0.15, 0.2) is 36.7 Å². The molecule has 4 heteroatoms. The van der Waals surface area contributed by atoms with E-state index in [4.69, 9.17) is 0 Å². The molecule has 0 spiro atoms. The Hall–Kier alpha value is -2.36. The van der Waals surface area contributed by atoms with Gasteiger partial charge in [-0.05, 0) is 62.4 Å². The Morgan fingerprint density at radius 1 is 1.17 bits per heavy atom. The predicted octanol–water partition coefficient (Wildman–Crippen LogP) is 4.38. The third kappa shape index (κ3) is 3.21. The summed E-state index contributed by atoms with van der Waals surface area (Å²) in [5.74, 6) is 0. The first-order chi connectivity index (χ1) is 11.1. The van der Waals surface area contributed by atoms with Crippen molar-refractivity contribution in [2.45, 2.75) is 39.7 Å². The van der Waals surface area contributed by atoms with Crippen LogP contribution in [0.4, 0.5) is 10.5 Å². The van der Waals surface area contributed by atoms with Gasteiger partial charge in [-0.15, -0.1) is 0 Å². The van der Waals surface area contributed by atoms with E-state index in [0.717, 1.165) is 41.8 Å². The number of pyridine rings is 1. The van der Waals surface area contributed by atoms with Crippen LogP contribution >= 0.6 is 0 Å². The molecule has 1 fully saturated rings. The number of rotatable bonds is 2. The van der Waals surface area contributed by atoms with Crippen LogP contribution in [0.2, 0.25) is 0 Å². The number of hydrogen-bond acceptors (Lipinski definition) is 2. The fourth-order valence-electron chi connectivity index (χ4n) is 3.50. The Morgan fingerprint density at radius 2 is 1.83 bits per heavy atom. The van der Waals surface area contributed by atoms with E-state index in [1.165, 1.54) is 5.56 Å². The first kappa shape index (κ1) is 15.5. The second-order valence-corrected chi connectivity index (χ2v) is 6.34. The number of nitrogens with one attached hydrogen (secondary N) is 1. The maximum absolute atomic E-state index is 12.8. The maximum atomic E-state index is 12.8. The van der Waals surface area contributed by atoms with Gasteiger partial charge in [0.1, 0.15) is 0 Å². The van der Waals surface area contributed by atoms with Crippen molar-refractivity contribution in [2.24, 2.45) is 0 Å². The standard InChI is InChI=1S/C19H23N3O/c1-13-11-14(2)18(15(3)12-13)21-19(23)22-10-4-5-17(22)16-6-8-20-9-7-16/h6-9,11-12,17H,4-5,10H2,1-3H3,(H,21,23). The van der Waals surface area contributed by atoms with Crippen molar-refractivity contribution in [2.75, 3.05) is 11.9 Å². The van der Waals surface area contributed by atoms with Gasteiger partial charge in [-0.1, -0.05) is 17.7 Å². The van der Waals surface area contributed by atoms with Crippen molar-refractivity contribution < 1.29 is 4.79 Å². The van der Waals surface area contributed by atoms with Gasteiger partial charge in [-0.2, -0.15) is 0 Å². The second-order valence-electron chi connectivity index (χ2n) is 6.34. The summed E-state index contributed by atoms with van der Waals surface area (Å²) in [7, 11) is 0. The number of hydrogen-bond donors (Lipinski definition) is 1. The predicted molar refractivity (Wildman–Crippen MR) is 92.6 cm³/mol. The second kappa shape index (κ2) is 6.41. The molecule has 0 saturated carbocycles. The summed E-state index contributed by atoms with van der Waals surface area (Å²) >= 11 is 0. The largest absolute Gasteiger partial charge is 0.322 e. The molecule has 0 aliphatic carbocycles. The Kier molecular flexibility index (Phi) is 4.33. The molecule has 1 saturated heterocycles. The highest BCUT2D eigenvalue weighted by atomic mass is 16.2. The summed E-state index contributed by atoms with van der Waals surface area (Å²) in [5, 5.41) is 3.12. The van der Waals surface area contributed by atoms with Crippen LogP contribution in [0.25, 0.3) is 0 Å². The summed E-state index contributed by atoms with van der Waals surface area (Å²) in [4.78, 5) is 18.8. The van der Waals surface area contributed by atoms with Gasteiger partial charge in [-0.3, -0.25) is 4.98 Å². The fraction of sp³-hybridized carbons (Fsp3) is 0.368. The molecule has 1 unspecified atom stereocenters. The molecule has 1 atom stereocenters. The molecule has 23 heavy (non-hydrogen) atoms. The number of benzene rings is 1. The first-order valence-electron chi connectivity index (χ1n) is 8.11. The van der Waals surface area contributed by atoms with E-state index in [9.17, 15) is 4.79 Å². The molecule has 120 valence electrons. The molecular formula is C19H23N3O. The van der Waals surface area contributed by atoms with Crippen LogP contribution in [-0.4, -0.2) is 22.5 Å². The van der Waals surface area contributed by atoms with Gasteiger partial charge in [0.2, 0.25) is 0 Å². The van der Waals surface area contributed by atoms with E-state index in [2.05, 4.69) is 29.4 Å². The molecule has 3 rings (SSSR count). The Morgan fingerprint density at radius 3 is 2.48 bits per heavy atom. The lowest BCUT2D eigenvalue weighted by Gasteiger charge is -2.26. The van der Waals surface area contributed by atoms with Crippen molar-refractivity contribution >= 4 is 11.7 Å². The van der Waals surface area contributed by atoms with Crippen LogP contribution in [0.1, 0.15) is 41.1 Å². The highest BCUT2D eigenvalue weighted by Gasteiger charge is 2.30. The van der Waals surface area contributed by atoms with Gasteiger partial charge in [0.15, 0.2) is 0 Å². The van der Waals surface area contributed by atoms with Gasteiger partial charge in [0, 0.05) is 24.6 Å². The van der Waals surface area contributed by atoms with Gasteiger partial charge in [-0.25, -0.2) is 4.79 Å². The van der Waals surface area contributed by atoms with Crippen LogP contribution in [0, 0.1) is 20.8 Å². The normalized spacial score (nSPS) is 17.3. The molecule has 1 aromatic carbocycles. The Labute approximate surface area is 137 Å². The molecule has 0 bridgehead atoms. The lowest BCUT2D eigenvalue weighted by Crippen LogP contribution is -2.34. The molecule has 1 N–H and O–H groups in total. The molecule has 1 aromatic heterocycles. The number of carbonyl (C=O) groups excluding carboxylic acids is 1. The van der Waals surface area contributed by atoms with Gasteiger partial charge < -0.3 is 10.2 Å². The van der Waals surface area contributed by atoms with Gasteiger partial charge >= 0.3 is 6.03 Å². The lowest BCUT2D eigenvalue weighted by molar-refractivity contribution is 0.207. The highest BCUT2D eigenvalue weighted by Crippen LogP contribution is 2.32. The summed E-state index contributed by atoms with van der Waals surface area (Å²) in [6.07, 6.45) is 5.62. The molecule has 2 aromatic rings. The van der Waals surface area contributed by atoms with E-state index >= 15 is 0 Å².